The number of aliphatic hydroxyl groups excluding tert-OH is 1. The van der Waals surface area contributed by atoms with E-state index >= 15 is 0 Å². The minimum Gasteiger partial charge on any atom is -0.486 e. The molecule has 2 aromatic rings. The van der Waals surface area contributed by atoms with Gasteiger partial charge >= 0.3 is 0 Å². The second kappa shape index (κ2) is 7.51. The summed E-state index contributed by atoms with van der Waals surface area (Å²) in [6.07, 6.45) is -0.674. The lowest BCUT2D eigenvalue weighted by Crippen LogP contribution is -2.37. The summed E-state index contributed by atoms with van der Waals surface area (Å²) in [5.41, 5.74) is 0.756. The zero-order valence-electron chi connectivity index (χ0n) is 13.6. The Morgan fingerprint density at radius 2 is 2.17 bits per heavy atom. The van der Waals surface area contributed by atoms with Crippen LogP contribution in [0.15, 0.2) is 40.8 Å². The Hall–Kier alpha value is -2.31. The minimum absolute atomic E-state index is 0.233. The van der Waals surface area contributed by atoms with Crippen LogP contribution in [-0.4, -0.2) is 48.3 Å². The van der Waals surface area contributed by atoms with Crippen LogP contribution >= 0.6 is 0 Å². The van der Waals surface area contributed by atoms with Gasteiger partial charge in [0.25, 0.3) is 5.91 Å². The molecule has 1 amide bonds. The van der Waals surface area contributed by atoms with Crippen molar-refractivity contribution < 1.29 is 23.8 Å². The number of β-amino-alcohol motifs (C(OH)–C–C–N with tert-alkyl or cyclic N) is 1. The van der Waals surface area contributed by atoms with Crippen molar-refractivity contribution in [3.8, 4) is 5.75 Å². The first-order chi connectivity index (χ1) is 11.6. The molecule has 1 saturated heterocycles. The molecule has 0 aliphatic carbocycles. The third-order valence-electron chi connectivity index (χ3n) is 3.82. The van der Waals surface area contributed by atoms with Crippen molar-refractivity contribution in [1.82, 2.24) is 4.90 Å². The quantitative estimate of drug-likeness (QED) is 0.928. The van der Waals surface area contributed by atoms with E-state index in [1.165, 1.54) is 0 Å². The van der Waals surface area contributed by atoms with Gasteiger partial charge in [0.15, 0.2) is 5.76 Å². The number of aryl methyl sites for hydroxylation is 1. The van der Waals surface area contributed by atoms with E-state index in [1.54, 1.807) is 11.0 Å². The van der Waals surface area contributed by atoms with Crippen molar-refractivity contribution >= 4 is 5.91 Å². The van der Waals surface area contributed by atoms with Gasteiger partial charge in [-0.2, -0.15) is 0 Å². The van der Waals surface area contributed by atoms with Crippen molar-refractivity contribution in [2.24, 2.45) is 0 Å². The predicted octanol–water partition coefficient (Wildman–Crippen LogP) is 2.00. The first-order valence-corrected chi connectivity index (χ1v) is 7.95. The van der Waals surface area contributed by atoms with E-state index in [-0.39, 0.29) is 31.4 Å². The molecule has 1 unspecified atom stereocenters. The number of nitrogens with zero attached hydrogens (tertiary/aromatic N) is 1. The Balaban J connectivity index is 1.67. The summed E-state index contributed by atoms with van der Waals surface area (Å²) in [6, 6.07) is 11.2. The largest absolute Gasteiger partial charge is 0.486 e. The zero-order chi connectivity index (χ0) is 16.9. The van der Waals surface area contributed by atoms with E-state index in [2.05, 4.69) is 0 Å². The lowest BCUT2D eigenvalue weighted by molar-refractivity contribution is 0.0524. The molecule has 0 bridgehead atoms. The molecule has 1 atom stereocenters. The maximum Gasteiger partial charge on any atom is 0.290 e. The van der Waals surface area contributed by atoms with Crippen molar-refractivity contribution in [3.63, 3.8) is 0 Å². The molecule has 128 valence electrons. The number of para-hydroxylation sites is 1. The number of hydrogen-bond acceptors (Lipinski definition) is 5. The lowest BCUT2D eigenvalue weighted by atomic mass is 10.2. The van der Waals surface area contributed by atoms with Crippen LogP contribution in [0.25, 0.3) is 0 Å². The summed E-state index contributed by atoms with van der Waals surface area (Å²) in [5, 5.41) is 9.77. The number of furan rings is 1. The number of carbonyl (C=O) groups is 1. The number of rotatable bonds is 4. The summed E-state index contributed by atoms with van der Waals surface area (Å²) in [5.74, 6) is 1.39. The van der Waals surface area contributed by atoms with Crippen LogP contribution in [0.2, 0.25) is 0 Å². The SMILES string of the molecule is Cc1cc(COc2ccccc2)oc1C(=O)N1CCOCC(O)C1. The average Bonchev–Trinajstić information content (AvgIpc) is 2.82. The topological polar surface area (TPSA) is 72.1 Å². The van der Waals surface area contributed by atoms with Gasteiger partial charge in [-0.05, 0) is 25.1 Å². The van der Waals surface area contributed by atoms with Crippen molar-refractivity contribution in [3.05, 3.63) is 53.5 Å². The van der Waals surface area contributed by atoms with Gasteiger partial charge in [0.05, 0.1) is 19.3 Å². The van der Waals surface area contributed by atoms with Crippen LogP contribution in [0.5, 0.6) is 5.75 Å². The molecule has 2 heterocycles. The van der Waals surface area contributed by atoms with Crippen LogP contribution in [0.1, 0.15) is 21.9 Å². The Labute approximate surface area is 140 Å². The summed E-state index contributed by atoms with van der Waals surface area (Å²) in [6.45, 7) is 3.42. The number of aliphatic hydroxyl groups is 1. The fourth-order valence-corrected chi connectivity index (χ4v) is 2.62. The molecular weight excluding hydrogens is 310 g/mol. The summed E-state index contributed by atoms with van der Waals surface area (Å²) in [4.78, 5) is 14.2. The van der Waals surface area contributed by atoms with Gasteiger partial charge in [-0.15, -0.1) is 0 Å². The normalized spacial score (nSPS) is 18.2. The number of ether oxygens (including phenoxy) is 2. The van der Waals surface area contributed by atoms with Gasteiger partial charge in [0.2, 0.25) is 0 Å². The van der Waals surface area contributed by atoms with Crippen LogP contribution < -0.4 is 4.74 Å². The Bertz CT molecular complexity index is 682. The molecule has 1 aliphatic heterocycles. The predicted molar refractivity (Wildman–Crippen MR) is 86.9 cm³/mol. The Morgan fingerprint density at radius 1 is 1.38 bits per heavy atom. The van der Waals surface area contributed by atoms with Crippen LogP contribution in [-0.2, 0) is 11.3 Å². The summed E-state index contributed by atoms with van der Waals surface area (Å²) in [7, 11) is 0. The van der Waals surface area contributed by atoms with E-state index in [9.17, 15) is 9.90 Å². The number of amides is 1. The number of hydrogen-bond donors (Lipinski definition) is 1. The van der Waals surface area contributed by atoms with E-state index in [4.69, 9.17) is 13.9 Å². The van der Waals surface area contributed by atoms with E-state index in [1.807, 2.05) is 37.3 Å². The molecular formula is C18H21NO5. The summed E-state index contributed by atoms with van der Waals surface area (Å²) >= 11 is 0. The van der Waals surface area contributed by atoms with E-state index in [0.29, 0.717) is 18.9 Å². The highest BCUT2D eigenvalue weighted by molar-refractivity contribution is 5.93. The first kappa shape index (κ1) is 16.5. The fourth-order valence-electron chi connectivity index (χ4n) is 2.62. The molecule has 6 nitrogen and oxygen atoms in total. The third kappa shape index (κ3) is 3.96. The zero-order valence-corrected chi connectivity index (χ0v) is 13.6. The van der Waals surface area contributed by atoms with Gasteiger partial charge < -0.3 is 23.9 Å². The number of benzene rings is 1. The van der Waals surface area contributed by atoms with Gasteiger partial charge in [0.1, 0.15) is 18.1 Å². The van der Waals surface area contributed by atoms with Crippen LogP contribution in [0.3, 0.4) is 0 Å². The average molecular weight is 331 g/mol. The minimum atomic E-state index is -0.674. The molecule has 0 spiro atoms. The lowest BCUT2D eigenvalue weighted by Gasteiger charge is -2.20. The van der Waals surface area contributed by atoms with Crippen LogP contribution in [0.4, 0.5) is 0 Å². The molecule has 1 fully saturated rings. The Kier molecular flexibility index (Phi) is 5.17. The number of carbonyl (C=O) groups excluding carboxylic acids is 1. The molecule has 6 heteroatoms. The standard InChI is InChI=1S/C18H21NO5/c1-13-9-16(12-23-15-5-3-2-4-6-15)24-17(13)18(21)19-7-8-22-11-14(20)10-19/h2-6,9,14,20H,7-8,10-12H2,1H3. The second-order valence-electron chi connectivity index (χ2n) is 5.81. The second-order valence-corrected chi connectivity index (χ2v) is 5.81. The van der Waals surface area contributed by atoms with E-state index in [0.717, 1.165) is 11.3 Å². The van der Waals surface area contributed by atoms with Crippen molar-refractivity contribution in [1.29, 1.82) is 0 Å². The maximum atomic E-state index is 12.6. The highest BCUT2D eigenvalue weighted by atomic mass is 16.5. The maximum absolute atomic E-state index is 12.6. The molecule has 1 N–H and O–H groups in total. The molecule has 1 aliphatic rings. The van der Waals surface area contributed by atoms with Crippen molar-refractivity contribution in [2.75, 3.05) is 26.3 Å². The van der Waals surface area contributed by atoms with E-state index < -0.39 is 6.10 Å². The molecule has 0 radical (unpaired) electrons. The van der Waals surface area contributed by atoms with Gasteiger partial charge in [-0.3, -0.25) is 4.79 Å². The molecule has 3 rings (SSSR count). The Morgan fingerprint density at radius 3 is 2.96 bits per heavy atom. The highest BCUT2D eigenvalue weighted by Gasteiger charge is 2.26. The molecule has 0 saturated carbocycles. The molecule has 1 aromatic heterocycles. The monoisotopic (exact) mass is 331 g/mol. The highest BCUT2D eigenvalue weighted by Crippen LogP contribution is 2.20. The smallest absolute Gasteiger partial charge is 0.290 e. The summed E-state index contributed by atoms with van der Waals surface area (Å²) < 4.78 is 16.6. The van der Waals surface area contributed by atoms with Gasteiger partial charge in [-0.1, -0.05) is 18.2 Å². The molecule has 24 heavy (non-hydrogen) atoms. The van der Waals surface area contributed by atoms with Gasteiger partial charge in [-0.25, -0.2) is 0 Å². The van der Waals surface area contributed by atoms with Gasteiger partial charge in [0, 0.05) is 18.7 Å². The third-order valence-corrected chi connectivity index (χ3v) is 3.82. The fraction of sp³-hybridized carbons (Fsp3) is 0.389. The van der Waals surface area contributed by atoms with Crippen LogP contribution in [0, 0.1) is 6.92 Å². The van der Waals surface area contributed by atoms with Crippen molar-refractivity contribution in [2.45, 2.75) is 19.6 Å². The first-order valence-electron chi connectivity index (χ1n) is 7.95. The molecule has 1 aromatic carbocycles.